The fraction of sp³-hybridized carbons (Fsp3) is 0.556. The van der Waals surface area contributed by atoms with Crippen LogP contribution in [0.15, 0.2) is 11.3 Å². The van der Waals surface area contributed by atoms with Crippen molar-refractivity contribution in [1.29, 1.82) is 0 Å². The van der Waals surface area contributed by atoms with Crippen molar-refractivity contribution >= 4 is 11.9 Å². The minimum atomic E-state index is -1.56. The van der Waals surface area contributed by atoms with Crippen LogP contribution in [-0.4, -0.2) is 33.7 Å². The summed E-state index contributed by atoms with van der Waals surface area (Å²) in [7, 11) is 0. The highest BCUT2D eigenvalue weighted by Crippen LogP contribution is 2.26. The van der Waals surface area contributed by atoms with E-state index >= 15 is 0 Å². The van der Waals surface area contributed by atoms with Gasteiger partial charge in [0.1, 0.15) is 5.54 Å². The molecular weight excluding hydrogens is 200 g/mol. The van der Waals surface area contributed by atoms with Crippen molar-refractivity contribution in [2.24, 2.45) is 5.73 Å². The average molecular weight is 214 g/mol. The molecule has 0 spiro atoms. The third-order valence-electron chi connectivity index (χ3n) is 2.78. The maximum Gasteiger partial charge on any atom is 0.333 e. The van der Waals surface area contributed by atoms with Crippen molar-refractivity contribution in [2.45, 2.75) is 31.8 Å². The topological polar surface area (TPSA) is 113 Å². The van der Waals surface area contributed by atoms with E-state index in [0.29, 0.717) is 5.70 Å². The third kappa shape index (κ3) is 1.80. The maximum atomic E-state index is 11.0. The van der Waals surface area contributed by atoms with Gasteiger partial charge in [0.25, 0.3) is 0 Å². The van der Waals surface area contributed by atoms with E-state index in [4.69, 9.17) is 15.9 Å². The second-order valence-corrected chi connectivity index (χ2v) is 3.80. The molecule has 15 heavy (non-hydrogen) atoms. The summed E-state index contributed by atoms with van der Waals surface area (Å²) in [6.45, 7) is 3.22. The van der Waals surface area contributed by atoms with Gasteiger partial charge < -0.3 is 21.3 Å². The monoisotopic (exact) mass is 214 g/mol. The van der Waals surface area contributed by atoms with Crippen LogP contribution in [0.25, 0.3) is 0 Å². The van der Waals surface area contributed by atoms with E-state index in [1.54, 1.807) is 13.8 Å². The number of carbonyl (C=O) groups is 2. The molecule has 6 nitrogen and oxygen atoms in total. The molecule has 0 saturated carbocycles. The largest absolute Gasteiger partial charge is 0.480 e. The Hall–Kier alpha value is -1.56. The van der Waals surface area contributed by atoms with Crippen LogP contribution in [0, 0.1) is 0 Å². The molecule has 1 aliphatic rings. The number of nitrogens with two attached hydrogens (primary N) is 1. The molecule has 0 saturated heterocycles. The first-order valence-corrected chi connectivity index (χ1v) is 4.51. The highest BCUT2D eigenvalue weighted by Gasteiger charge is 2.45. The Kier molecular flexibility index (Phi) is 2.72. The van der Waals surface area contributed by atoms with E-state index in [0.717, 1.165) is 0 Å². The van der Waals surface area contributed by atoms with Crippen molar-refractivity contribution in [1.82, 2.24) is 5.32 Å². The summed E-state index contributed by atoms with van der Waals surface area (Å²) in [5.74, 6) is -2.34. The van der Waals surface area contributed by atoms with Gasteiger partial charge in [0.15, 0.2) is 0 Å². The summed E-state index contributed by atoms with van der Waals surface area (Å²) >= 11 is 0. The normalized spacial score (nSPS) is 31.0. The van der Waals surface area contributed by atoms with E-state index in [2.05, 4.69) is 5.32 Å². The van der Waals surface area contributed by atoms with E-state index in [9.17, 15) is 9.59 Å². The molecule has 0 aliphatic carbocycles. The van der Waals surface area contributed by atoms with Gasteiger partial charge in [-0.2, -0.15) is 0 Å². The van der Waals surface area contributed by atoms with Crippen molar-refractivity contribution < 1.29 is 19.8 Å². The molecule has 5 N–H and O–H groups in total. The Morgan fingerprint density at radius 1 is 1.53 bits per heavy atom. The number of carboxylic acid groups (broad SMARTS) is 2. The minimum Gasteiger partial charge on any atom is -0.480 e. The van der Waals surface area contributed by atoms with E-state index in [1.807, 2.05) is 0 Å². The first kappa shape index (κ1) is 11.5. The number of hydrogen-bond acceptors (Lipinski definition) is 4. The SMILES string of the molecule is CC1=C(C(=O)O)CC(N)(C(=O)O)C(C)N1. The second kappa shape index (κ2) is 3.54. The number of nitrogens with one attached hydrogen (secondary N) is 1. The predicted molar refractivity (Wildman–Crippen MR) is 52.1 cm³/mol. The van der Waals surface area contributed by atoms with Crippen molar-refractivity contribution in [3.05, 3.63) is 11.3 Å². The molecule has 0 bridgehead atoms. The minimum absolute atomic E-state index is 0.0259. The van der Waals surface area contributed by atoms with Gasteiger partial charge in [0.05, 0.1) is 11.6 Å². The number of allylic oxidation sites excluding steroid dienone is 1. The summed E-state index contributed by atoms with van der Waals surface area (Å²) in [6, 6.07) is -0.502. The molecule has 0 fully saturated rings. The van der Waals surface area contributed by atoms with Gasteiger partial charge in [-0.25, -0.2) is 4.79 Å². The zero-order valence-corrected chi connectivity index (χ0v) is 8.57. The lowest BCUT2D eigenvalue weighted by Crippen LogP contribution is -2.63. The van der Waals surface area contributed by atoms with Crippen LogP contribution >= 0.6 is 0 Å². The summed E-state index contributed by atoms with van der Waals surface area (Å²) < 4.78 is 0. The van der Waals surface area contributed by atoms with Gasteiger partial charge >= 0.3 is 11.9 Å². The molecule has 1 heterocycles. The van der Waals surface area contributed by atoms with Crippen LogP contribution in [0.5, 0.6) is 0 Å². The zero-order chi connectivity index (χ0) is 11.8. The molecule has 0 aromatic carbocycles. The molecular formula is C9H14N2O4. The van der Waals surface area contributed by atoms with Gasteiger partial charge in [0, 0.05) is 12.1 Å². The molecule has 6 heteroatoms. The molecule has 1 aliphatic heterocycles. The standard InChI is InChI=1S/C9H14N2O4/c1-4-6(7(12)13)3-9(10,8(14)15)5(2)11-4/h5,11H,3,10H2,1-2H3,(H,12,13)(H,14,15). The first-order valence-electron chi connectivity index (χ1n) is 4.51. The van der Waals surface area contributed by atoms with Crippen LogP contribution in [0.4, 0.5) is 0 Å². The summed E-state index contributed by atoms with van der Waals surface area (Å²) in [6.07, 6.45) is -0.169. The van der Waals surface area contributed by atoms with E-state index in [1.165, 1.54) is 0 Å². The number of hydrogen-bond donors (Lipinski definition) is 4. The molecule has 84 valence electrons. The Balaban J connectivity index is 3.12. The van der Waals surface area contributed by atoms with Crippen molar-refractivity contribution in [3.8, 4) is 0 Å². The summed E-state index contributed by atoms with van der Waals surface area (Å²) in [5, 5.41) is 20.6. The fourth-order valence-electron chi connectivity index (χ4n) is 1.62. The average Bonchev–Trinajstić information content (AvgIpc) is 2.10. The lowest BCUT2D eigenvalue weighted by molar-refractivity contribution is -0.144. The Morgan fingerprint density at radius 2 is 2.07 bits per heavy atom. The molecule has 1 rings (SSSR count). The molecule has 0 radical (unpaired) electrons. The van der Waals surface area contributed by atoms with Crippen LogP contribution in [0.1, 0.15) is 20.3 Å². The van der Waals surface area contributed by atoms with Gasteiger partial charge in [-0.1, -0.05) is 0 Å². The summed E-state index contributed by atoms with van der Waals surface area (Å²) in [4.78, 5) is 21.8. The highest BCUT2D eigenvalue weighted by atomic mass is 16.4. The van der Waals surface area contributed by atoms with Crippen molar-refractivity contribution in [2.75, 3.05) is 0 Å². The Bertz CT molecular complexity index is 350. The Labute approximate surface area is 86.8 Å². The van der Waals surface area contributed by atoms with Gasteiger partial charge in [-0.05, 0) is 13.8 Å². The molecule has 0 aromatic heterocycles. The fourth-order valence-corrected chi connectivity index (χ4v) is 1.62. The number of carboxylic acids is 2. The van der Waals surface area contributed by atoms with Crippen LogP contribution < -0.4 is 11.1 Å². The van der Waals surface area contributed by atoms with Crippen molar-refractivity contribution in [3.63, 3.8) is 0 Å². The van der Waals surface area contributed by atoms with Crippen LogP contribution in [-0.2, 0) is 9.59 Å². The maximum absolute atomic E-state index is 11.0. The molecule has 0 amide bonds. The number of rotatable bonds is 2. The number of aliphatic carboxylic acids is 2. The van der Waals surface area contributed by atoms with Gasteiger partial charge in [-0.3, -0.25) is 4.79 Å². The summed E-state index contributed by atoms with van der Waals surface area (Å²) in [5.41, 5.74) is 4.61. The van der Waals surface area contributed by atoms with E-state index < -0.39 is 23.5 Å². The highest BCUT2D eigenvalue weighted by molar-refractivity contribution is 5.91. The third-order valence-corrected chi connectivity index (χ3v) is 2.78. The lowest BCUT2D eigenvalue weighted by atomic mass is 9.81. The lowest BCUT2D eigenvalue weighted by Gasteiger charge is -2.37. The van der Waals surface area contributed by atoms with Gasteiger partial charge in [0.2, 0.25) is 0 Å². The molecule has 2 atom stereocenters. The van der Waals surface area contributed by atoms with Crippen LogP contribution in [0.3, 0.4) is 0 Å². The second-order valence-electron chi connectivity index (χ2n) is 3.80. The smallest absolute Gasteiger partial charge is 0.333 e. The Morgan fingerprint density at radius 3 is 2.47 bits per heavy atom. The van der Waals surface area contributed by atoms with Crippen LogP contribution in [0.2, 0.25) is 0 Å². The van der Waals surface area contributed by atoms with E-state index in [-0.39, 0.29) is 12.0 Å². The molecule has 2 unspecified atom stereocenters. The predicted octanol–water partition coefficient (Wildman–Crippen LogP) is -0.491. The molecule has 0 aromatic rings. The van der Waals surface area contributed by atoms with Gasteiger partial charge in [-0.15, -0.1) is 0 Å². The zero-order valence-electron chi connectivity index (χ0n) is 8.57. The quantitative estimate of drug-likeness (QED) is 0.493. The first-order chi connectivity index (χ1) is 6.79.